The minimum absolute atomic E-state index is 0.395. The van der Waals surface area contributed by atoms with Crippen LogP contribution in [-0.4, -0.2) is 69.2 Å². The van der Waals surface area contributed by atoms with Gasteiger partial charge in [-0.05, 0) is 113 Å². The van der Waals surface area contributed by atoms with Crippen LogP contribution in [0.1, 0.15) is 102 Å². The first-order valence-electron chi connectivity index (χ1n) is 21.1. The maximum Gasteiger partial charge on any atom is 0.500 e. The van der Waals surface area contributed by atoms with Gasteiger partial charge in [0.25, 0.3) is 0 Å². The fraction of sp³-hybridized carbons (Fsp3) is 0.447. The van der Waals surface area contributed by atoms with E-state index in [1.54, 1.807) is 0 Å². The fourth-order valence-electron chi connectivity index (χ4n) is 7.89. The predicted molar refractivity (Wildman–Crippen MR) is 235 cm³/mol. The van der Waals surface area contributed by atoms with E-state index in [0.717, 1.165) is 33.4 Å². The largest absolute Gasteiger partial charge is 0.500 e. The quantitative estimate of drug-likeness (QED) is 0.0262. The predicted octanol–water partition coefficient (Wildman–Crippen LogP) is 9.88. The molecule has 0 spiro atoms. The number of aryl methyl sites for hydroxylation is 2. The lowest BCUT2D eigenvalue weighted by molar-refractivity contribution is -0.132. The first-order valence-corrected chi connectivity index (χ1v) is 25.0. The third kappa shape index (κ3) is 12.5. The van der Waals surface area contributed by atoms with E-state index in [-0.39, 0.29) is 0 Å². The van der Waals surface area contributed by atoms with Gasteiger partial charge in [-0.3, -0.25) is 9.59 Å². The number of hydrogen-bond acceptors (Lipinski definition) is 10. The van der Waals surface area contributed by atoms with Gasteiger partial charge in [0, 0.05) is 65.6 Å². The van der Waals surface area contributed by atoms with Gasteiger partial charge in [0.15, 0.2) is 0 Å². The average Bonchev–Trinajstić information content (AvgIpc) is 3.21. The molecule has 0 amide bonds. The van der Waals surface area contributed by atoms with E-state index in [1.165, 1.54) is 13.8 Å². The lowest BCUT2D eigenvalue weighted by atomic mass is 9.64. The van der Waals surface area contributed by atoms with E-state index >= 15 is 0 Å². The third-order valence-electron chi connectivity index (χ3n) is 9.95. The van der Waals surface area contributed by atoms with Crippen LogP contribution in [0.5, 0.6) is 11.5 Å². The van der Waals surface area contributed by atoms with Gasteiger partial charge in [-0.15, -0.1) is 0 Å². The Labute approximate surface area is 354 Å². The summed E-state index contributed by atoms with van der Waals surface area (Å²) in [7, 11) is -5.87. The normalized spacial score (nSPS) is 12.1. The molecule has 0 bridgehead atoms. The van der Waals surface area contributed by atoms with Gasteiger partial charge in [0.2, 0.25) is 0 Å². The van der Waals surface area contributed by atoms with Gasteiger partial charge in [-0.2, -0.15) is 0 Å². The Bertz CT molecular complexity index is 1720. The number of benzene rings is 4. The van der Waals surface area contributed by atoms with Gasteiger partial charge in [-0.1, -0.05) is 84.9 Å². The molecule has 0 aliphatic heterocycles. The molecule has 0 radical (unpaired) electrons. The minimum Gasteiger partial charge on any atom is -0.426 e. The molecule has 0 aromatic heterocycles. The Morgan fingerprint density at radius 3 is 1.07 bits per heavy atom. The fourth-order valence-corrected chi connectivity index (χ4v) is 13.1. The van der Waals surface area contributed by atoms with Crippen molar-refractivity contribution in [1.82, 2.24) is 0 Å². The van der Waals surface area contributed by atoms with Gasteiger partial charge in [0.05, 0.1) is 5.41 Å². The van der Waals surface area contributed by atoms with E-state index in [9.17, 15) is 9.59 Å². The van der Waals surface area contributed by atoms with Gasteiger partial charge < -0.3 is 36.0 Å². The van der Waals surface area contributed by atoms with Crippen LogP contribution in [-0.2, 0) is 54.4 Å². The van der Waals surface area contributed by atoms with Crippen LogP contribution in [0.2, 0.25) is 12.1 Å². The molecule has 0 saturated heterocycles. The summed E-state index contributed by atoms with van der Waals surface area (Å²) >= 11 is 0. The second-order valence-electron chi connectivity index (χ2n) is 14.0. The highest BCUT2D eigenvalue weighted by Crippen LogP contribution is 2.47. The molecule has 0 fully saturated rings. The van der Waals surface area contributed by atoms with Crippen molar-refractivity contribution in [2.45, 2.75) is 98.6 Å². The molecular formula is C47H64O10Si2. The first-order chi connectivity index (χ1) is 28.6. The monoisotopic (exact) mass is 844 g/mol. The maximum atomic E-state index is 12.5. The molecule has 320 valence electrons. The van der Waals surface area contributed by atoms with Crippen molar-refractivity contribution in [2.75, 3.05) is 39.6 Å². The molecule has 0 atom stereocenters. The Balaban J connectivity index is 1.94. The van der Waals surface area contributed by atoms with E-state index in [0.29, 0.717) is 88.9 Å². The maximum absolute atomic E-state index is 12.5. The zero-order chi connectivity index (χ0) is 42.7. The molecule has 0 N–H and O–H groups in total. The highest BCUT2D eigenvalue weighted by atomic mass is 28.4. The van der Waals surface area contributed by atoms with Crippen molar-refractivity contribution in [2.24, 2.45) is 0 Å². The van der Waals surface area contributed by atoms with E-state index in [1.807, 2.05) is 102 Å². The summed E-state index contributed by atoms with van der Waals surface area (Å²) in [6.45, 7) is 17.5. The second kappa shape index (κ2) is 23.7. The molecule has 0 heterocycles. The van der Waals surface area contributed by atoms with Crippen LogP contribution in [0.25, 0.3) is 0 Å². The van der Waals surface area contributed by atoms with E-state index in [2.05, 4.69) is 36.4 Å². The van der Waals surface area contributed by atoms with Gasteiger partial charge in [0.1, 0.15) is 11.5 Å². The van der Waals surface area contributed by atoms with E-state index < -0.39 is 35.0 Å². The zero-order valence-corrected chi connectivity index (χ0v) is 38.3. The molecule has 0 unspecified atom stereocenters. The molecule has 10 nitrogen and oxygen atoms in total. The lowest BCUT2D eigenvalue weighted by Gasteiger charge is -2.37. The molecule has 12 heteroatoms. The van der Waals surface area contributed by atoms with Crippen LogP contribution >= 0.6 is 0 Å². The van der Waals surface area contributed by atoms with Crippen LogP contribution in [0.3, 0.4) is 0 Å². The zero-order valence-electron chi connectivity index (χ0n) is 36.3. The minimum atomic E-state index is -2.93. The Kier molecular flexibility index (Phi) is 19.2. The van der Waals surface area contributed by atoms with Crippen LogP contribution in [0.4, 0.5) is 0 Å². The summed E-state index contributed by atoms with van der Waals surface area (Å²) in [5.41, 5.74) is 4.93. The average molecular weight is 845 g/mol. The first kappa shape index (κ1) is 47.7. The summed E-state index contributed by atoms with van der Waals surface area (Å²) in [4.78, 5) is 24.9. The number of esters is 2. The molecular weight excluding hydrogens is 781 g/mol. The SMILES string of the molecule is CCO[Si](CCCc1cc(C(c2ccccc2)(c2ccccc2)c2ccc(OC(C)=O)c(CCC[Si](OCC)(OCC)OCC)c2)ccc1OC(C)=O)(OCC)OCC. The van der Waals surface area contributed by atoms with Crippen molar-refractivity contribution in [1.29, 1.82) is 0 Å². The number of ether oxygens (including phenoxy) is 2. The number of carbonyl (C=O) groups is 2. The summed E-state index contributed by atoms with van der Waals surface area (Å²) in [5, 5.41) is 0. The summed E-state index contributed by atoms with van der Waals surface area (Å²) < 4.78 is 48.8. The van der Waals surface area contributed by atoms with Crippen molar-refractivity contribution in [3.63, 3.8) is 0 Å². The smallest absolute Gasteiger partial charge is 0.426 e. The Hall–Kier alpha value is -3.99. The Morgan fingerprint density at radius 1 is 0.458 bits per heavy atom. The van der Waals surface area contributed by atoms with Crippen molar-refractivity contribution in [3.05, 3.63) is 130 Å². The number of hydrogen-bond donors (Lipinski definition) is 0. The summed E-state index contributed by atoms with van der Waals surface area (Å²) in [6, 6.07) is 34.2. The molecule has 0 aliphatic carbocycles. The Morgan fingerprint density at radius 2 is 0.780 bits per heavy atom. The van der Waals surface area contributed by atoms with Crippen LogP contribution in [0.15, 0.2) is 97.1 Å². The van der Waals surface area contributed by atoms with Crippen LogP contribution < -0.4 is 9.47 Å². The van der Waals surface area contributed by atoms with Crippen molar-refractivity contribution < 1.29 is 45.6 Å². The summed E-state index contributed by atoms with van der Waals surface area (Å²) in [6.07, 6.45) is 2.54. The van der Waals surface area contributed by atoms with Crippen molar-refractivity contribution >= 4 is 29.5 Å². The molecule has 4 aromatic rings. The molecule has 0 saturated carbocycles. The second-order valence-corrected chi connectivity index (χ2v) is 19.4. The van der Waals surface area contributed by atoms with Gasteiger partial charge >= 0.3 is 29.5 Å². The van der Waals surface area contributed by atoms with Gasteiger partial charge in [-0.25, -0.2) is 0 Å². The standard InChI is InChI=1S/C47H64O10Si2/c1-9-50-58(51-10-2,52-11-3)33-21-23-39-35-43(29-31-45(39)56-37(7)48)47(41-25-17-15-18-26-41,42-27-19-16-20-28-42)44-30-32-46(57-38(8)49)40(36-44)24-22-34-59(53-12-4,54-13-5)55-14-6/h15-20,25-32,35-36H,9-14,21-24,33-34H2,1-8H3. The molecule has 59 heavy (non-hydrogen) atoms. The molecule has 4 rings (SSSR count). The number of rotatable bonds is 26. The highest BCUT2D eigenvalue weighted by molar-refractivity contribution is 6.61. The molecule has 4 aromatic carbocycles. The van der Waals surface area contributed by atoms with Crippen molar-refractivity contribution in [3.8, 4) is 11.5 Å². The lowest BCUT2D eigenvalue weighted by Crippen LogP contribution is -2.46. The number of carbonyl (C=O) groups excluding carboxylic acids is 2. The highest BCUT2D eigenvalue weighted by Gasteiger charge is 2.42. The summed E-state index contributed by atoms with van der Waals surface area (Å²) in [5.74, 6) is 0.219. The third-order valence-corrected chi connectivity index (χ3v) is 16.3. The van der Waals surface area contributed by atoms with E-state index in [4.69, 9.17) is 36.0 Å². The topological polar surface area (TPSA) is 108 Å². The van der Waals surface area contributed by atoms with Crippen LogP contribution in [0, 0.1) is 0 Å². The molecule has 0 aliphatic rings.